The zero-order valence-electron chi connectivity index (χ0n) is 10.3. The number of halogens is 3. The van der Waals surface area contributed by atoms with Crippen LogP contribution in [0.1, 0.15) is 10.4 Å². The molecule has 2 aromatic rings. The van der Waals surface area contributed by atoms with Crippen LogP contribution >= 0.6 is 39.1 Å². The van der Waals surface area contributed by atoms with Gasteiger partial charge in [0.1, 0.15) is 0 Å². The normalized spacial score (nSPS) is 10.2. The molecule has 0 aliphatic heterocycles. The third kappa shape index (κ3) is 3.93. The fourth-order valence-corrected chi connectivity index (χ4v) is 2.54. The highest BCUT2D eigenvalue weighted by atomic mass is 79.9. The summed E-state index contributed by atoms with van der Waals surface area (Å²) in [6, 6.07) is 8.68. The van der Waals surface area contributed by atoms with E-state index in [1.54, 1.807) is 0 Å². The van der Waals surface area contributed by atoms with Crippen LogP contribution in [0.15, 0.2) is 40.9 Å². The van der Waals surface area contributed by atoms with Crippen molar-refractivity contribution in [2.75, 3.05) is 5.32 Å². The monoisotopic (exact) mass is 388 g/mol. The first-order chi connectivity index (χ1) is 9.86. The smallest absolute Gasteiger partial charge is 0.284 e. The van der Waals surface area contributed by atoms with Crippen LogP contribution in [-0.4, -0.2) is 10.8 Å². The zero-order chi connectivity index (χ0) is 15.6. The molecule has 2 rings (SSSR count). The van der Waals surface area contributed by atoms with Gasteiger partial charge in [0.25, 0.3) is 11.6 Å². The molecule has 0 unspecified atom stereocenters. The molecule has 0 aliphatic carbocycles. The molecule has 108 valence electrons. The summed E-state index contributed by atoms with van der Waals surface area (Å²) in [5.41, 5.74) is 0.371. The highest BCUT2D eigenvalue weighted by Gasteiger charge is 2.16. The predicted octanol–water partition coefficient (Wildman–Crippen LogP) is 4.92. The van der Waals surface area contributed by atoms with Gasteiger partial charge in [-0.3, -0.25) is 14.9 Å². The number of nitro benzene ring substituents is 1. The Labute approximate surface area is 138 Å². The molecule has 0 spiro atoms. The molecule has 0 aromatic heterocycles. The largest absolute Gasteiger partial charge is 0.322 e. The van der Waals surface area contributed by atoms with E-state index in [1.165, 1.54) is 36.4 Å². The maximum absolute atomic E-state index is 12.1. The van der Waals surface area contributed by atoms with Crippen molar-refractivity contribution >= 4 is 56.4 Å². The molecule has 0 heterocycles. The van der Waals surface area contributed by atoms with Crippen molar-refractivity contribution in [1.82, 2.24) is 0 Å². The SMILES string of the molecule is O=C(Nc1cc(Cl)cc(Cl)c1)c1ccc(Br)c([N+](=O)[O-])c1. The first-order valence-electron chi connectivity index (χ1n) is 5.58. The third-order valence-electron chi connectivity index (χ3n) is 2.53. The van der Waals surface area contributed by atoms with E-state index in [1.807, 2.05) is 0 Å². The Kier molecular flexibility index (Phi) is 4.82. The van der Waals surface area contributed by atoms with Gasteiger partial charge in [-0.15, -0.1) is 0 Å². The second-order valence-electron chi connectivity index (χ2n) is 4.04. The van der Waals surface area contributed by atoms with Gasteiger partial charge in [-0.05, 0) is 46.3 Å². The number of hydrogen-bond acceptors (Lipinski definition) is 3. The second-order valence-corrected chi connectivity index (χ2v) is 5.76. The van der Waals surface area contributed by atoms with E-state index in [2.05, 4.69) is 21.2 Å². The summed E-state index contributed by atoms with van der Waals surface area (Å²) in [4.78, 5) is 22.4. The topological polar surface area (TPSA) is 72.2 Å². The van der Waals surface area contributed by atoms with Crippen molar-refractivity contribution in [2.45, 2.75) is 0 Å². The van der Waals surface area contributed by atoms with Crippen LogP contribution < -0.4 is 5.32 Å². The maximum Gasteiger partial charge on any atom is 0.284 e. The van der Waals surface area contributed by atoms with Crippen molar-refractivity contribution in [3.63, 3.8) is 0 Å². The number of carbonyl (C=O) groups excluding carboxylic acids is 1. The first kappa shape index (κ1) is 15.8. The molecule has 1 amide bonds. The van der Waals surface area contributed by atoms with Crippen LogP contribution in [0.2, 0.25) is 10.0 Å². The number of benzene rings is 2. The van der Waals surface area contributed by atoms with E-state index >= 15 is 0 Å². The molecule has 8 heteroatoms. The highest BCUT2D eigenvalue weighted by Crippen LogP contribution is 2.27. The molecule has 2 aromatic carbocycles. The standard InChI is InChI=1S/C13H7BrCl2N2O3/c14-11-2-1-7(3-12(11)18(20)21)13(19)17-10-5-8(15)4-9(16)6-10/h1-6H,(H,17,19). The lowest BCUT2D eigenvalue weighted by atomic mass is 10.2. The van der Waals surface area contributed by atoms with Crippen molar-refractivity contribution in [3.05, 3.63) is 66.6 Å². The summed E-state index contributed by atoms with van der Waals surface area (Å²) in [7, 11) is 0. The van der Waals surface area contributed by atoms with E-state index in [-0.39, 0.29) is 11.3 Å². The molecule has 0 bridgehead atoms. The van der Waals surface area contributed by atoms with Crippen molar-refractivity contribution in [2.24, 2.45) is 0 Å². The predicted molar refractivity (Wildman–Crippen MR) is 85.2 cm³/mol. The second kappa shape index (κ2) is 6.43. The van der Waals surface area contributed by atoms with Gasteiger partial charge in [-0.2, -0.15) is 0 Å². The number of hydrogen-bond donors (Lipinski definition) is 1. The number of nitro groups is 1. The Bertz CT molecular complexity index is 717. The summed E-state index contributed by atoms with van der Waals surface area (Å²) in [5, 5.41) is 14.2. The van der Waals surface area contributed by atoms with Crippen LogP contribution in [0, 0.1) is 10.1 Å². The molecule has 0 saturated carbocycles. The number of nitrogens with one attached hydrogen (secondary N) is 1. The van der Waals surface area contributed by atoms with Gasteiger partial charge in [-0.1, -0.05) is 23.2 Å². The Morgan fingerprint density at radius 2 is 1.76 bits per heavy atom. The summed E-state index contributed by atoms with van der Waals surface area (Å²) in [5.74, 6) is -0.496. The quantitative estimate of drug-likeness (QED) is 0.598. The number of nitrogens with zero attached hydrogens (tertiary/aromatic N) is 1. The maximum atomic E-state index is 12.1. The Hall–Kier alpha value is -1.63. The molecular formula is C13H7BrCl2N2O3. The molecule has 0 fully saturated rings. The van der Waals surface area contributed by atoms with Crippen LogP contribution in [-0.2, 0) is 0 Å². The van der Waals surface area contributed by atoms with Crippen molar-refractivity contribution in [3.8, 4) is 0 Å². The van der Waals surface area contributed by atoms with Crippen LogP contribution in [0.25, 0.3) is 0 Å². The third-order valence-corrected chi connectivity index (χ3v) is 3.63. The summed E-state index contributed by atoms with van der Waals surface area (Å²) in [6.07, 6.45) is 0. The molecule has 5 nitrogen and oxygen atoms in total. The Balaban J connectivity index is 2.28. The Morgan fingerprint density at radius 1 is 1.14 bits per heavy atom. The molecule has 0 atom stereocenters. The lowest BCUT2D eigenvalue weighted by Gasteiger charge is -2.07. The summed E-state index contributed by atoms with van der Waals surface area (Å²) < 4.78 is 0.301. The fourth-order valence-electron chi connectivity index (χ4n) is 1.62. The number of anilines is 1. The van der Waals surface area contributed by atoms with Crippen molar-refractivity contribution in [1.29, 1.82) is 0 Å². The lowest BCUT2D eigenvalue weighted by molar-refractivity contribution is -0.385. The molecule has 0 radical (unpaired) electrons. The molecule has 0 aliphatic rings. The van der Waals surface area contributed by atoms with Crippen LogP contribution in [0.3, 0.4) is 0 Å². The number of rotatable bonds is 3. The lowest BCUT2D eigenvalue weighted by Crippen LogP contribution is -2.12. The molecular weight excluding hydrogens is 383 g/mol. The molecule has 0 saturated heterocycles. The van der Waals surface area contributed by atoms with Gasteiger partial charge in [0.2, 0.25) is 0 Å². The fraction of sp³-hybridized carbons (Fsp3) is 0. The van der Waals surface area contributed by atoms with Crippen LogP contribution in [0.5, 0.6) is 0 Å². The average molecular weight is 390 g/mol. The van der Waals surface area contributed by atoms with Gasteiger partial charge in [0.05, 0.1) is 9.40 Å². The van der Waals surface area contributed by atoms with Crippen molar-refractivity contribution < 1.29 is 9.72 Å². The number of carbonyl (C=O) groups is 1. The minimum Gasteiger partial charge on any atom is -0.322 e. The van der Waals surface area contributed by atoms with E-state index in [0.29, 0.717) is 20.2 Å². The van der Waals surface area contributed by atoms with Gasteiger partial charge in [0, 0.05) is 27.4 Å². The zero-order valence-corrected chi connectivity index (χ0v) is 13.4. The Morgan fingerprint density at radius 3 is 2.33 bits per heavy atom. The van der Waals surface area contributed by atoms with Crippen LogP contribution in [0.4, 0.5) is 11.4 Å². The van der Waals surface area contributed by atoms with Gasteiger partial charge in [0.15, 0.2) is 0 Å². The first-order valence-corrected chi connectivity index (χ1v) is 7.13. The van der Waals surface area contributed by atoms with E-state index in [9.17, 15) is 14.9 Å². The minimum atomic E-state index is -0.572. The summed E-state index contributed by atoms with van der Waals surface area (Å²) >= 11 is 14.7. The van der Waals surface area contributed by atoms with Gasteiger partial charge >= 0.3 is 0 Å². The van der Waals surface area contributed by atoms with E-state index in [0.717, 1.165) is 0 Å². The molecule has 1 N–H and O–H groups in total. The van der Waals surface area contributed by atoms with E-state index < -0.39 is 10.8 Å². The average Bonchev–Trinajstić information content (AvgIpc) is 2.37. The van der Waals surface area contributed by atoms with Gasteiger partial charge < -0.3 is 5.32 Å². The molecule has 21 heavy (non-hydrogen) atoms. The number of amides is 1. The van der Waals surface area contributed by atoms with Gasteiger partial charge in [-0.25, -0.2) is 0 Å². The highest BCUT2D eigenvalue weighted by molar-refractivity contribution is 9.10. The summed E-state index contributed by atoms with van der Waals surface area (Å²) in [6.45, 7) is 0. The van der Waals surface area contributed by atoms with E-state index in [4.69, 9.17) is 23.2 Å². The minimum absolute atomic E-state index is 0.154.